The van der Waals surface area contributed by atoms with Gasteiger partial charge in [0.15, 0.2) is 11.5 Å². The normalized spacial score (nSPS) is 11.7. The van der Waals surface area contributed by atoms with E-state index in [0.717, 1.165) is 18.5 Å². The summed E-state index contributed by atoms with van der Waals surface area (Å²) in [5.74, 6) is 0.931. The van der Waals surface area contributed by atoms with E-state index in [9.17, 15) is 5.11 Å². The Morgan fingerprint density at radius 3 is 2.00 bits per heavy atom. The number of nitrogens with zero attached hydrogens (tertiary/aromatic N) is 1. The Kier molecular flexibility index (Phi) is 5.06. The molecule has 0 aliphatic carbocycles. The summed E-state index contributed by atoms with van der Waals surface area (Å²) in [6, 6.07) is 3.69. The molecule has 1 aromatic rings. The molecule has 0 aliphatic heterocycles. The average molecular weight is 267 g/mol. The highest BCUT2D eigenvalue weighted by molar-refractivity contribution is 5.52. The third-order valence-corrected chi connectivity index (χ3v) is 3.86. The molecule has 1 aromatic carbocycles. The van der Waals surface area contributed by atoms with Gasteiger partial charge >= 0.3 is 0 Å². The van der Waals surface area contributed by atoms with Crippen molar-refractivity contribution in [1.29, 1.82) is 0 Å². The molecule has 1 N–H and O–H groups in total. The number of ether oxygens (including phenoxy) is 2. The molecule has 4 nitrogen and oxygen atoms in total. The number of hydrogen-bond acceptors (Lipinski definition) is 4. The van der Waals surface area contributed by atoms with E-state index < -0.39 is 0 Å². The number of aromatic hydroxyl groups is 1. The fourth-order valence-corrected chi connectivity index (χ4v) is 1.80. The van der Waals surface area contributed by atoms with E-state index in [4.69, 9.17) is 9.47 Å². The summed E-state index contributed by atoms with van der Waals surface area (Å²) >= 11 is 0. The smallest absolute Gasteiger partial charge is 0.200 e. The molecule has 0 unspecified atom stereocenters. The van der Waals surface area contributed by atoms with Gasteiger partial charge in [-0.1, -0.05) is 6.92 Å². The maximum Gasteiger partial charge on any atom is 0.200 e. The maximum atomic E-state index is 9.89. The van der Waals surface area contributed by atoms with Gasteiger partial charge in [0, 0.05) is 12.1 Å². The first kappa shape index (κ1) is 15.6. The van der Waals surface area contributed by atoms with Gasteiger partial charge in [0.2, 0.25) is 5.75 Å². The molecule has 4 heteroatoms. The molecule has 19 heavy (non-hydrogen) atoms. The maximum absolute atomic E-state index is 9.89. The standard InChI is InChI=1S/C15H25NO3/c1-7-15(2,3)16(4)10-11-8-12(18-5)14(17)13(9-11)19-6/h8-9,17H,7,10H2,1-6H3. The van der Waals surface area contributed by atoms with Crippen LogP contribution in [-0.4, -0.2) is 36.8 Å². The van der Waals surface area contributed by atoms with E-state index in [0.29, 0.717) is 11.5 Å². The van der Waals surface area contributed by atoms with Crippen LogP contribution in [0, 0.1) is 0 Å². The summed E-state index contributed by atoms with van der Waals surface area (Å²) < 4.78 is 10.3. The fourth-order valence-electron chi connectivity index (χ4n) is 1.80. The molecule has 0 saturated heterocycles. The van der Waals surface area contributed by atoms with Gasteiger partial charge in [0.25, 0.3) is 0 Å². The molecule has 0 amide bonds. The zero-order valence-electron chi connectivity index (χ0n) is 12.8. The summed E-state index contributed by atoms with van der Waals surface area (Å²) in [5, 5.41) is 9.89. The molecule has 0 aromatic heterocycles. The van der Waals surface area contributed by atoms with Gasteiger partial charge in [0.1, 0.15) is 0 Å². The van der Waals surface area contributed by atoms with Gasteiger partial charge < -0.3 is 14.6 Å². The Morgan fingerprint density at radius 2 is 1.63 bits per heavy atom. The zero-order valence-corrected chi connectivity index (χ0v) is 12.8. The third-order valence-electron chi connectivity index (χ3n) is 3.86. The average Bonchev–Trinajstić information content (AvgIpc) is 2.40. The lowest BCUT2D eigenvalue weighted by atomic mass is 9.99. The first-order valence-corrected chi connectivity index (χ1v) is 6.50. The molecular formula is C15H25NO3. The van der Waals surface area contributed by atoms with Crippen molar-refractivity contribution in [2.75, 3.05) is 21.3 Å². The van der Waals surface area contributed by atoms with Crippen molar-refractivity contribution in [3.63, 3.8) is 0 Å². The molecule has 0 radical (unpaired) electrons. The van der Waals surface area contributed by atoms with E-state index in [-0.39, 0.29) is 11.3 Å². The number of hydrogen-bond donors (Lipinski definition) is 1. The second-order valence-corrected chi connectivity index (χ2v) is 5.37. The Morgan fingerprint density at radius 1 is 1.16 bits per heavy atom. The van der Waals surface area contributed by atoms with E-state index in [1.807, 2.05) is 12.1 Å². The van der Waals surface area contributed by atoms with Crippen molar-refractivity contribution in [1.82, 2.24) is 4.90 Å². The van der Waals surface area contributed by atoms with Crippen LogP contribution in [0.2, 0.25) is 0 Å². The number of phenols is 1. The van der Waals surface area contributed by atoms with Crippen LogP contribution in [0.1, 0.15) is 32.8 Å². The fraction of sp³-hybridized carbons (Fsp3) is 0.600. The van der Waals surface area contributed by atoms with Gasteiger partial charge in [-0.05, 0) is 45.0 Å². The molecule has 0 bridgehead atoms. The van der Waals surface area contributed by atoms with Crippen LogP contribution in [0.3, 0.4) is 0 Å². The van der Waals surface area contributed by atoms with Gasteiger partial charge in [-0.25, -0.2) is 0 Å². The van der Waals surface area contributed by atoms with Crippen molar-refractivity contribution < 1.29 is 14.6 Å². The minimum Gasteiger partial charge on any atom is -0.502 e. The molecule has 0 heterocycles. The zero-order chi connectivity index (χ0) is 14.6. The first-order valence-electron chi connectivity index (χ1n) is 6.50. The van der Waals surface area contributed by atoms with Crippen LogP contribution in [0.25, 0.3) is 0 Å². The van der Waals surface area contributed by atoms with E-state index >= 15 is 0 Å². The Hall–Kier alpha value is -1.42. The highest BCUT2D eigenvalue weighted by Crippen LogP contribution is 2.37. The molecular weight excluding hydrogens is 242 g/mol. The summed E-state index contributed by atoms with van der Waals surface area (Å²) in [5.41, 5.74) is 1.17. The molecule has 0 saturated carbocycles. The van der Waals surface area contributed by atoms with Crippen LogP contribution in [-0.2, 0) is 6.54 Å². The van der Waals surface area contributed by atoms with Crippen molar-refractivity contribution >= 4 is 0 Å². The lowest BCUT2D eigenvalue weighted by molar-refractivity contribution is 0.143. The van der Waals surface area contributed by atoms with Crippen LogP contribution < -0.4 is 9.47 Å². The molecule has 0 atom stereocenters. The number of rotatable bonds is 6. The summed E-state index contributed by atoms with van der Waals surface area (Å²) in [7, 11) is 5.17. The number of benzene rings is 1. The lowest BCUT2D eigenvalue weighted by Gasteiger charge is -2.35. The van der Waals surface area contributed by atoms with Crippen LogP contribution in [0.4, 0.5) is 0 Å². The quantitative estimate of drug-likeness (QED) is 0.860. The van der Waals surface area contributed by atoms with Gasteiger partial charge in [-0.2, -0.15) is 0 Å². The Labute approximate surface area is 115 Å². The second-order valence-electron chi connectivity index (χ2n) is 5.37. The van der Waals surface area contributed by atoms with Gasteiger partial charge in [-0.3, -0.25) is 4.90 Å². The number of phenolic OH excluding ortho intramolecular Hbond substituents is 1. The minimum absolute atomic E-state index is 0.0474. The van der Waals surface area contributed by atoms with Crippen LogP contribution >= 0.6 is 0 Å². The summed E-state index contributed by atoms with van der Waals surface area (Å²) in [6.45, 7) is 7.37. The Bertz CT molecular complexity index is 404. The van der Waals surface area contributed by atoms with Gasteiger partial charge in [-0.15, -0.1) is 0 Å². The topological polar surface area (TPSA) is 41.9 Å². The van der Waals surface area contributed by atoms with Crippen molar-refractivity contribution in [3.8, 4) is 17.2 Å². The molecule has 108 valence electrons. The third kappa shape index (κ3) is 3.53. The second kappa shape index (κ2) is 6.15. The minimum atomic E-state index is 0.0474. The van der Waals surface area contributed by atoms with Crippen molar-refractivity contribution in [2.45, 2.75) is 39.3 Å². The highest BCUT2D eigenvalue weighted by atomic mass is 16.5. The van der Waals surface area contributed by atoms with Crippen LogP contribution in [0.15, 0.2) is 12.1 Å². The summed E-state index contributed by atoms with van der Waals surface area (Å²) in [6.07, 6.45) is 1.07. The molecule has 1 rings (SSSR count). The number of methoxy groups -OCH3 is 2. The Balaban J connectivity index is 3.02. The first-order chi connectivity index (χ1) is 8.85. The monoisotopic (exact) mass is 267 g/mol. The van der Waals surface area contributed by atoms with Gasteiger partial charge in [0.05, 0.1) is 14.2 Å². The van der Waals surface area contributed by atoms with E-state index in [1.165, 1.54) is 14.2 Å². The SMILES string of the molecule is CCC(C)(C)N(C)Cc1cc(OC)c(O)c(OC)c1. The largest absolute Gasteiger partial charge is 0.502 e. The van der Waals surface area contributed by atoms with Crippen LogP contribution in [0.5, 0.6) is 17.2 Å². The van der Waals surface area contributed by atoms with E-state index in [2.05, 4.69) is 32.7 Å². The predicted molar refractivity (Wildman–Crippen MR) is 77.0 cm³/mol. The predicted octanol–water partition coefficient (Wildman–Crippen LogP) is 3.03. The molecule has 0 fully saturated rings. The lowest BCUT2D eigenvalue weighted by Crippen LogP contribution is -2.39. The van der Waals surface area contributed by atoms with E-state index in [1.54, 1.807) is 0 Å². The van der Waals surface area contributed by atoms with Crippen molar-refractivity contribution in [3.05, 3.63) is 17.7 Å². The van der Waals surface area contributed by atoms with Crippen molar-refractivity contribution in [2.24, 2.45) is 0 Å². The summed E-state index contributed by atoms with van der Waals surface area (Å²) in [4.78, 5) is 2.28. The molecule has 0 spiro atoms. The highest BCUT2D eigenvalue weighted by Gasteiger charge is 2.22. The molecule has 0 aliphatic rings.